The first-order valence-electron chi connectivity index (χ1n) is 8.47. The summed E-state index contributed by atoms with van der Waals surface area (Å²) in [4.78, 5) is 21.0. The number of unbranched alkanes of at least 4 members (excludes halogenated alkanes) is 1. The van der Waals surface area contributed by atoms with Gasteiger partial charge in [-0.25, -0.2) is 0 Å². The Morgan fingerprint density at radius 2 is 2.25 bits per heavy atom. The second kappa shape index (κ2) is 9.56. The highest BCUT2D eigenvalue weighted by atomic mass is 32.2. The standard InChI is InChI=1S/C16H28N6OS/c1-4-17-16(18-7-5-6-10-24-3)21-8-9-22(15(23)13-21)14-11-19-20(2)12-14/h11-12H,4-10,13H2,1-3H3,(H,17,18). The van der Waals surface area contributed by atoms with Gasteiger partial charge in [-0.05, 0) is 31.8 Å². The fourth-order valence-corrected chi connectivity index (χ4v) is 3.14. The highest BCUT2D eigenvalue weighted by Gasteiger charge is 2.27. The molecule has 0 unspecified atom stereocenters. The highest BCUT2D eigenvalue weighted by molar-refractivity contribution is 7.98. The van der Waals surface area contributed by atoms with Crippen LogP contribution in [0.1, 0.15) is 19.8 Å². The third-order valence-corrected chi connectivity index (χ3v) is 4.57. The second-order valence-corrected chi connectivity index (χ2v) is 6.76. The van der Waals surface area contributed by atoms with E-state index in [0.717, 1.165) is 37.7 Å². The van der Waals surface area contributed by atoms with Crippen LogP contribution in [0.2, 0.25) is 0 Å². The van der Waals surface area contributed by atoms with Gasteiger partial charge in [0.2, 0.25) is 5.91 Å². The molecule has 2 rings (SSSR count). The average Bonchev–Trinajstić information content (AvgIpc) is 2.99. The molecule has 134 valence electrons. The summed E-state index contributed by atoms with van der Waals surface area (Å²) in [7, 11) is 1.86. The van der Waals surface area contributed by atoms with Crippen molar-refractivity contribution in [3.63, 3.8) is 0 Å². The number of carbonyl (C=O) groups is 1. The van der Waals surface area contributed by atoms with Crippen molar-refractivity contribution in [3.05, 3.63) is 12.4 Å². The number of piperazine rings is 1. The van der Waals surface area contributed by atoms with Crippen LogP contribution in [0.15, 0.2) is 17.4 Å². The normalized spacial score (nSPS) is 16.0. The first-order chi connectivity index (χ1) is 11.7. The van der Waals surface area contributed by atoms with Gasteiger partial charge < -0.3 is 15.1 Å². The molecule has 1 saturated heterocycles. The Morgan fingerprint density at radius 3 is 2.88 bits per heavy atom. The predicted molar refractivity (Wildman–Crippen MR) is 101 cm³/mol. The summed E-state index contributed by atoms with van der Waals surface area (Å²) in [5, 5.41) is 7.45. The Kier molecular flexibility index (Phi) is 7.42. The van der Waals surface area contributed by atoms with Crippen LogP contribution >= 0.6 is 11.8 Å². The number of aromatic nitrogens is 2. The quantitative estimate of drug-likeness (QED) is 0.453. The molecule has 7 nitrogen and oxygen atoms in total. The number of rotatable bonds is 7. The molecular weight excluding hydrogens is 324 g/mol. The van der Waals surface area contributed by atoms with Crippen molar-refractivity contribution in [2.24, 2.45) is 12.0 Å². The number of carbonyl (C=O) groups excluding carboxylic acids is 1. The fraction of sp³-hybridized carbons (Fsp3) is 0.688. The summed E-state index contributed by atoms with van der Waals surface area (Å²) < 4.78 is 1.72. The lowest BCUT2D eigenvalue weighted by Crippen LogP contribution is -2.55. The van der Waals surface area contributed by atoms with E-state index in [4.69, 9.17) is 0 Å². The minimum atomic E-state index is 0.0854. The number of hydrogen-bond donors (Lipinski definition) is 1. The molecule has 0 aliphatic carbocycles. The van der Waals surface area contributed by atoms with Gasteiger partial charge in [0.15, 0.2) is 5.96 Å². The molecule has 2 heterocycles. The fourth-order valence-electron chi connectivity index (χ4n) is 2.64. The molecule has 8 heteroatoms. The number of nitrogens with one attached hydrogen (secondary N) is 1. The summed E-state index contributed by atoms with van der Waals surface area (Å²) in [5.41, 5.74) is 0.862. The van der Waals surface area contributed by atoms with E-state index < -0.39 is 0 Å². The van der Waals surface area contributed by atoms with Crippen molar-refractivity contribution in [1.82, 2.24) is 20.0 Å². The molecule has 1 aliphatic rings. The number of aliphatic imine (C=N–C) groups is 1. The molecule has 0 radical (unpaired) electrons. The van der Waals surface area contributed by atoms with Crippen molar-refractivity contribution >= 4 is 29.3 Å². The number of anilines is 1. The molecule has 0 spiro atoms. The molecule has 1 aromatic heterocycles. The Bertz CT molecular complexity index is 559. The number of hydrogen-bond acceptors (Lipinski definition) is 4. The van der Waals surface area contributed by atoms with E-state index in [1.807, 2.05) is 29.9 Å². The maximum Gasteiger partial charge on any atom is 0.246 e. The van der Waals surface area contributed by atoms with E-state index in [2.05, 4.69) is 28.6 Å². The zero-order chi connectivity index (χ0) is 17.4. The molecule has 0 atom stereocenters. The lowest BCUT2D eigenvalue weighted by molar-refractivity contribution is -0.120. The molecule has 24 heavy (non-hydrogen) atoms. The van der Waals surface area contributed by atoms with E-state index in [1.165, 1.54) is 12.2 Å². The molecule has 1 aliphatic heterocycles. The maximum absolute atomic E-state index is 12.5. The zero-order valence-corrected chi connectivity index (χ0v) is 15.7. The molecular formula is C16H28N6OS. The number of guanidine groups is 1. The van der Waals surface area contributed by atoms with Crippen LogP contribution in [0.25, 0.3) is 0 Å². The minimum Gasteiger partial charge on any atom is -0.357 e. The Hall–Kier alpha value is -1.70. The molecule has 1 fully saturated rings. The first kappa shape index (κ1) is 18.6. The largest absolute Gasteiger partial charge is 0.357 e. The van der Waals surface area contributed by atoms with Gasteiger partial charge in [-0.15, -0.1) is 0 Å². The number of aryl methyl sites for hydroxylation is 1. The Labute approximate surface area is 148 Å². The van der Waals surface area contributed by atoms with Crippen LogP contribution in [-0.4, -0.2) is 71.3 Å². The van der Waals surface area contributed by atoms with Crippen molar-refractivity contribution < 1.29 is 4.79 Å². The SMILES string of the molecule is CCNC(=NCCCCSC)N1CCN(c2cnn(C)c2)C(=O)C1. The van der Waals surface area contributed by atoms with E-state index in [9.17, 15) is 4.79 Å². The van der Waals surface area contributed by atoms with E-state index in [1.54, 1.807) is 15.8 Å². The van der Waals surface area contributed by atoms with Crippen molar-refractivity contribution in [2.75, 3.05) is 49.6 Å². The van der Waals surface area contributed by atoms with Gasteiger partial charge >= 0.3 is 0 Å². The predicted octanol–water partition coefficient (Wildman–Crippen LogP) is 1.18. The lowest BCUT2D eigenvalue weighted by atomic mass is 10.3. The van der Waals surface area contributed by atoms with Crippen LogP contribution in [0.3, 0.4) is 0 Å². The van der Waals surface area contributed by atoms with E-state index in [0.29, 0.717) is 13.1 Å². The lowest BCUT2D eigenvalue weighted by Gasteiger charge is -2.35. The average molecular weight is 353 g/mol. The van der Waals surface area contributed by atoms with Crippen LogP contribution in [0.5, 0.6) is 0 Å². The van der Waals surface area contributed by atoms with Crippen molar-refractivity contribution in [3.8, 4) is 0 Å². The van der Waals surface area contributed by atoms with Gasteiger partial charge in [-0.1, -0.05) is 0 Å². The van der Waals surface area contributed by atoms with Crippen molar-refractivity contribution in [1.29, 1.82) is 0 Å². The highest BCUT2D eigenvalue weighted by Crippen LogP contribution is 2.16. The van der Waals surface area contributed by atoms with Crippen LogP contribution in [-0.2, 0) is 11.8 Å². The van der Waals surface area contributed by atoms with Crippen molar-refractivity contribution in [2.45, 2.75) is 19.8 Å². The Balaban J connectivity index is 1.93. The summed E-state index contributed by atoms with van der Waals surface area (Å²) in [6.45, 7) is 5.45. The van der Waals surface area contributed by atoms with Gasteiger partial charge in [-0.3, -0.25) is 14.5 Å². The van der Waals surface area contributed by atoms with Gasteiger partial charge in [0, 0.05) is 39.4 Å². The number of thioether (sulfide) groups is 1. The summed E-state index contributed by atoms with van der Waals surface area (Å²) in [5.74, 6) is 2.11. The van der Waals surface area contributed by atoms with Gasteiger partial charge in [0.05, 0.1) is 11.9 Å². The number of amides is 1. The van der Waals surface area contributed by atoms with Gasteiger partial charge in [0.1, 0.15) is 6.54 Å². The molecule has 1 aromatic rings. The van der Waals surface area contributed by atoms with Crippen LogP contribution < -0.4 is 10.2 Å². The van der Waals surface area contributed by atoms with Crippen LogP contribution in [0, 0.1) is 0 Å². The second-order valence-electron chi connectivity index (χ2n) is 5.77. The van der Waals surface area contributed by atoms with Gasteiger partial charge in [-0.2, -0.15) is 16.9 Å². The molecule has 0 bridgehead atoms. The molecule has 1 amide bonds. The summed E-state index contributed by atoms with van der Waals surface area (Å²) in [6.07, 6.45) is 8.00. The Morgan fingerprint density at radius 1 is 1.42 bits per heavy atom. The van der Waals surface area contributed by atoms with E-state index in [-0.39, 0.29) is 5.91 Å². The molecule has 1 N–H and O–H groups in total. The topological polar surface area (TPSA) is 65.8 Å². The maximum atomic E-state index is 12.5. The van der Waals surface area contributed by atoms with Gasteiger partial charge in [0.25, 0.3) is 0 Å². The molecule has 0 saturated carbocycles. The molecule has 0 aromatic carbocycles. The summed E-state index contributed by atoms with van der Waals surface area (Å²) in [6, 6.07) is 0. The minimum absolute atomic E-state index is 0.0854. The monoisotopic (exact) mass is 352 g/mol. The zero-order valence-electron chi connectivity index (χ0n) is 14.9. The van der Waals surface area contributed by atoms with Crippen LogP contribution in [0.4, 0.5) is 5.69 Å². The first-order valence-corrected chi connectivity index (χ1v) is 9.86. The summed E-state index contributed by atoms with van der Waals surface area (Å²) >= 11 is 1.87. The number of nitrogens with zero attached hydrogens (tertiary/aromatic N) is 5. The van der Waals surface area contributed by atoms with E-state index >= 15 is 0 Å². The third-order valence-electron chi connectivity index (χ3n) is 3.88. The third kappa shape index (κ3) is 5.15. The smallest absolute Gasteiger partial charge is 0.246 e.